The normalized spacial score (nSPS) is 13.7. The van der Waals surface area contributed by atoms with Gasteiger partial charge in [-0.1, -0.05) is 132 Å². The number of hydrogen-bond donors (Lipinski definition) is 0. The molecular weight excluding hydrogens is 1360 g/mol. The molecular formula is C104H212O4Ti. The second-order valence-electron chi connectivity index (χ2n) is 36.6. The van der Waals surface area contributed by atoms with Crippen molar-refractivity contribution in [3.8, 4) is 0 Å². The van der Waals surface area contributed by atoms with E-state index in [0.29, 0.717) is 0 Å². The fraction of sp³-hybridized carbons (Fsp3) is 1.00. The topological polar surface area (TPSA) is 36.9 Å². The molecule has 0 bridgehead atoms. The molecule has 0 aliphatic rings. The van der Waals surface area contributed by atoms with Crippen molar-refractivity contribution in [3.05, 3.63) is 0 Å². The molecule has 0 saturated carbocycles. The number of rotatable bonds is 100. The van der Waals surface area contributed by atoms with Crippen LogP contribution in [0.3, 0.4) is 0 Å². The van der Waals surface area contributed by atoms with E-state index in [-0.39, 0.29) is 24.4 Å². The van der Waals surface area contributed by atoms with Crippen LogP contribution in [0.2, 0.25) is 0 Å². The van der Waals surface area contributed by atoms with Crippen LogP contribution in [0.5, 0.6) is 0 Å². The SMILES string of the molecule is CCCCCCCCCCCCCC(CCCCCCCCCCCC)[O][Ti]([O]C(CCCCCCCCCCCC)CCCCCCCCCCCCC)([O]C(CCCCCCCCCCCC)CCCCCCCCCCCCC)[O]C(CCCCCCCCCCCC)CCCCCCCCCCCCC. The van der Waals surface area contributed by atoms with E-state index in [2.05, 4.69) is 55.4 Å². The van der Waals surface area contributed by atoms with Gasteiger partial charge in [-0.15, -0.1) is 0 Å². The van der Waals surface area contributed by atoms with E-state index in [1.807, 2.05) is 0 Å². The average Bonchev–Trinajstić information content (AvgIpc) is 0.815. The first kappa shape index (κ1) is 110. The molecule has 0 spiro atoms. The van der Waals surface area contributed by atoms with Gasteiger partial charge in [0, 0.05) is 0 Å². The smallest absolute Gasteiger partial charge is 0.0654 e. The molecule has 4 atom stereocenters. The molecule has 0 N–H and O–H groups in total. The standard InChI is InChI=1S/4C26H53O.Ti/c4*1-3-5-7-9-11-13-15-17-19-21-23-25-26(27)24-22-20-18-16-14-12-10-8-6-4-2;/h4*26H,3-25H2,1-2H3;/q4*-1;+4. The van der Waals surface area contributed by atoms with E-state index in [4.69, 9.17) is 13.3 Å². The molecule has 0 radical (unpaired) electrons. The molecule has 4 nitrogen and oxygen atoms in total. The molecule has 0 fully saturated rings. The van der Waals surface area contributed by atoms with Gasteiger partial charge in [0.2, 0.25) is 0 Å². The quantitative estimate of drug-likeness (QED) is 0.0449. The van der Waals surface area contributed by atoms with Crippen molar-refractivity contribution in [1.82, 2.24) is 0 Å². The van der Waals surface area contributed by atoms with Gasteiger partial charge in [-0.25, -0.2) is 0 Å². The van der Waals surface area contributed by atoms with Crippen LogP contribution in [0.15, 0.2) is 0 Å². The van der Waals surface area contributed by atoms with Gasteiger partial charge in [-0.05, 0) is 0 Å². The fourth-order valence-electron chi connectivity index (χ4n) is 17.6. The Balaban J connectivity index is 8.15. The van der Waals surface area contributed by atoms with Gasteiger partial charge in [-0.2, -0.15) is 0 Å². The van der Waals surface area contributed by atoms with Crippen LogP contribution in [0.25, 0.3) is 0 Å². The first-order valence-electron chi connectivity index (χ1n) is 52.7. The van der Waals surface area contributed by atoms with Crippen molar-refractivity contribution in [2.24, 2.45) is 0 Å². The van der Waals surface area contributed by atoms with Crippen molar-refractivity contribution >= 4 is 0 Å². The van der Waals surface area contributed by atoms with Crippen LogP contribution in [0, 0.1) is 0 Å². The Hall–Kier alpha value is 0.554. The summed E-state index contributed by atoms with van der Waals surface area (Å²) in [5.74, 6) is 0. The van der Waals surface area contributed by atoms with Gasteiger partial charge in [0.15, 0.2) is 0 Å². The summed E-state index contributed by atoms with van der Waals surface area (Å²) in [6.45, 7) is 18.9. The zero-order valence-corrected chi connectivity index (χ0v) is 79.1. The number of unbranched alkanes of at least 4 members (excludes halogenated alkanes) is 76. The van der Waals surface area contributed by atoms with Crippen LogP contribution < -0.4 is 0 Å². The van der Waals surface area contributed by atoms with Gasteiger partial charge in [0.05, 0.1) is 0 Å². The van der Waals surface area contributed by atoms with E-state index >= 15 is 0 Å². The molecule has 0 aromatic rings. The van der Waals surface area contributed by atoms with Crippen molar-refractivity contribution in [1.29, 1.82) is 0 Å². The van der Waals surface area contributed by atoms with Crippen molar-refractivity contribution in [2.45, 2.75) is 671 Å². The zero-order chi connectivity index (χ0) is 78.7. The minimum absolute atomic E-state index is 0.146. The molecule has 656 valence electrons. The predicted octanol–water partition coefficient (Wildman–Crippen LogP) is 39.4. The van der Waals surface area contributed by atoms with Gasteiger partial charge < -0.3 is 0 Å². The summed E-state index contributed by atoms with van der Waals surface area (Å²) in [5.41, 5.74) is 0. The number of hydrogen-bond acceptors (Lipinski definition) is 4. The molecule has 0 aliphatic carbocycles. The van der Waals surface area contributed by atoms with Crippen molar-refractivity contribution in [2.75, 3.05) is 0 Å². The van der Waals surface area contributed by atoms with Gasteiger partial charge in [0.1, 0.15) is 0 Å². The molecule has 5 heteroatoms. The molecule has 0 saturated heterocycles. The van der Waals surface area contributed by atoms with Gasteiger partial charge >= 0.3 is 569 Å². The zero-order valence-electron chi connectivity index (χ0n) is 77.5. The maximum absolute atomic E-state index is 8.44. The summed E-state index contributed by atoms with van der Waals surface area (Å²) >= 11 is -4.66. The van der Waals surface area contributed by atoms with Crippen LogP contribution >= 0.6 is 0 Å². The molecule has 0 aromatic heterocycles. The predicted molar refractivity (Wildman–Crippen MR) is 490 cm³/mol. The van der Waals surface area contributed by atoms with Crippen molar-refractivity contribution < 1.29 is 31.4 Å². The minimum atomic E-state index is -4.66. The van der Waals surface area contributed by atoms with Crippen LogP contribution in [-0.2, 0) is 31.4 Å². The Bertz CT molecular complexity index is 1360. The van der Waals surface area contributed by atoms with E-state index in [0.717, 1.165) is 51.4 Å². The van der Waals surface area contributed by atoms with Gasteiger partial charge in [0.25, 0.3) is 0 Å². The summed E-state index contributed by atoms with van der Waals surface area (Å²) in [5, 5.41) is 0. The summed E-state index contributed by atoms with van der Waals surface area (Å²) in [6.07, 6.45) is 126. The van der Waals surface area contributed by atoms with Crippen LogP contribution in [-0.4, -0.2) is 24.4 Å². The van der Waals surface area contributed by atoms with Crippen LogP contribution in [0.1, 0.15) is 646 Å². The Morgan fingerprint density at radius 2 is 0.183 bits per heavy atom. The molecule has 0 aromatic carbocycles. The van der Waals surface area contributed by atoms with E-state index < -0.39 is 18.1 Å². The average molecular weight is 1570 g/mol. The molecule has 109 heavy (non-hydrogen) atoms. The van der Waals surface area contributed by atoms with Gasteiger partial charge in [-0.3, -0.25) is 0 Å². The summed E-state index contributed by atoms with van der Waals surface area (Å²) in [7, 11) is 0. The van der Waals surface area contributed by atoms with E-state index in [9.17, 15) is 0 Å². The third kappa shape index (κ3) is 84.8. The third-order valence-corrected chi connectivity index (χ3v) is 29.2. The van der Waals surface area contributed by atoms with E-state index in [1.165, 1.54) is 539 Å². The fourth-order valence-corrected chi connectivity index (χ4v) is 22.2. The molecule has 0 amide bonds. The Morgan fingerprint density at radius 1 is 0.110 bits per heavy atom. The Morgan fingerprint density at radius 3 is 0.266 bits per heavy atom. The first-order chi connectivity index (χ1) is 54.0. The molecule has 0 heterocycles. The monoisotopic (exact) mass is 1570 g/mol. The second-order valence-corrected chi connectivity index (χ2v) is 39.7. The Kier molecular flexibility index (Phi) is 96.2. The molecule has 4 unspecified atom stereocenters. The van der Waals surface area contributed by atoms with Crippen LogP contribution in [0.4, 0.5) is 0 Å². The Labute approximate surface area is 697 Å². The first-order valence-corrected chi connectivity index (χ1v) is 55.2. The summed E-state index contributed by atoms with van der Waals surface area (Å²) in [4.78, 5) is 0. The van der Waals surface area contributed by atoms with E-state index in [1.54, 1.807) is 0 Å². The second kappa shape index (κ2) is 95.7. The maximum atomic E-state index is 8.44. The minimum Gasteiger partial charge on any atom is -0.0654 e. The summed E-state index contributed by atoms with van der Waals surface area (Å²) in [6, 6.07) is 0. The van der Waals surface area contributed by atoms with Crippen molar-refractivity contribution in [3.63, 3.8) is 0 Å². The molecule has 0 rings (SSSR count). The third-order valence-electron chi connectivity index (χ3n) is 25.3. The molecule has 0 aliphatic heterocycles. The summed E-state index contributed by atoms with van der Waals surface area (Å²) < 4.78 is 33.8.